The van der Waals surface area contributed by atoms with E-state index in [1.807, 2.05) is 23.6 Å². The first kappa shape index (κ1) is 8.98. The van der Waals surface area contributed by atoms with Crippen LogP contribution in [0.5, 0.6) is 0 Å². The van der Waals surface area contributed by atoms with Crippen LogP contribution in [0, 0.1) is 11.3 Å². The lowest BCUT2D eigenvalue weighted by atomic mass is 10.0. The SMILES string of the molecule is N#CCc1cscc1-c1ccccc1. The molecule has 0 amide bonds. The molecule has 0 atom stereocenters. The lowest BCUT2D eigenvalue weighted by Crippen LogP contribution is -1.81. The third-order valence-corrected chi connectivity index (χ3v) is 2.89. The van der Waals surface area contributed by atoms with Crippen molar-refractivity contribution in [2.45, 2.75) is 6.42 Å². The Bertz CT molecular complexity index is 451. The molecule has 1 nitrogen and oxygen atoms in total. The molecule has 0 aliphatic carbocycles. The smallest absolute Gasteiger partial charge is 0.0670 e. The number of nitrogens with zero attached hydrogens (tertiary/aromatic N) is 1. The fraction of sp³-hybridized carbons (Fsp3) is 0.0833. The first-order chi connectivity index (χ1) is 6.92. The van der Waals surface area contributed by atoms with Gasteiger partial charge in [-0.15, -0.1) is 0 Å². The van der Waals surface area contributed by atoms with Crippen LogP contribution in [0.15, 0.2) is 41.1 Å². The van der Waals surface area contributed by atoms with Crippen LogP contribution in [-0.2, 0) is 6.42 Å². The summed E-state index contributed by atoms with van der Waals surface area (Å²) in [7, 11) is 0. The quantitative estimate of drug-likeness (QED) is 0.726. The highest BCUT2D eigenvalue weighted by molar-refractivity contribution is 7.08. The summed E-state index contributed by atoms with van der Waals surface area (Å²) in [4.78, 5) is 0. The summed E-state index contributed by atoms with van der Waals surface area (Å²) >= 11 is 1.65. The van der Waals surface area contributed by atoms with Gasteiger partial charge in [0.15, 0.2) is 0 Å². The molecule has 0 aliphatic heterocycles. The maximum Gasteiger partial charge on any atom is 0.0670 e. The Morgan fingerprint density at radius 2 is 1.93 bits per heavy atom. The van der Waals surface area contributed by atoms with E-state index in [9.17, 15) is 0 Å². The van der Waals surface area contributed by atoms with Crippen LogP contribution in [0.25, 0.3) is 11.1 Å². The topological polar surface area (TPSA) is 23.8 Å². The van der Waals surface area contributed by atoms with Gasteiger partial charge >= 0.3 is 0 Å². The Morgan fingerprint density at radius 3 is 2.64 bits per heavy atom. The van der Waals surface area contributed by atoms with Crippen LogP contribution in [0.3, 0.4) is 0 Å². The standard InChI is InChI=1S/C12H9NS/c13-7-6-11-8-14-9-12(11)10-4-2-1-3-5-10/h1-5,8-9H,6H2. The molecule has 2 heteroatoms. The molecular weight excluding hydrogens is 190 g/mol. The predicted molar refractivity (Wildman–Crippen MR) is 59.1 cm³/mol. The molecule has 0 unspecified atom stereocenters. The number of hydrogen-bond acceptors (Lipinski definition) is 2. The first-order valence-electron chi connectivity index (χ1n) is 4.39. The minimum atomic E-state index is 0.494. The molecule has 0 bridgehead atoms. The van der Waals surface area contributed by atoms with E-state index in [2.05, 4.69) is 23.6 Å². The van der Waals surface area contributed by atoms with E-state index < -0.39 is 0 Å². The van der Waals surface area contributed by atoms with Gasteiger partial charge in [-0.3, -0.25) is 0 Å². The van der Waals surface area contributed by atoms with E-state index in [0.717, 1.165) is 5.56 Å². The molecule has 1 heterocycles. The van der Waals surface area contributed by atoms with Crippen molar-refractivity contribution in [3.05, 3.63) is 46.7 Å². The maximum atomic E-state index is 8.66. The van der Waals surface area contributed by atoms with Gasteiger partial charge in [0.1, 0.15) is 0 Å². The van der Waals surface area contributed by atoms with E-state index in [1.165, 1.54) is 11.1 Å². The number of hydrogen-bond donors (Lipinski definition) is 0. The van der Waals surface area contributed by atoms with Gasteiger partial charge in [0.25, 0.3) is 0 Å². The van der Waals surface area contributed by atoms with Crippen molar-refractivity contribution < 1.29 is 0 Å². The zero-order chi connectivity index (χ0) is 9.80. The van der Waals surface area contributed by atoms with Crippen molar-refractivity contribution in [2.24, 2.45) is 0 Å². The van der Waals surface area contributed by atoms with Crippen molar-refractivity contribution in [1.82, 2.24) is 0 Å². The van der Waals surface area contributed by atoms with E-state index in [0.29, 0.717) is 6.42 Å². The molecule has 0 spiro atoms. The molecule has 1 aromatic heterocycles. The fourth-order valence-corrected chi connectivity index (χ4v) is 2.28. The van der Waals surface area contributed by atoms with Gasteiger partial charge < -0.3 is 0 Å². The lowest BCUT2D eigenvalue weighted by molar-refractivity contribution is 1.29. The average Bonchev–Trinajstić information content (AvgIpc) is 2.68. The van der Waals surface area contributed by atoms with E-state index in [1.54, 1.807) is 11.3 Å². The monoisotopic (exact) mass is 199 g/mol. The van der Waals surface area contributed by atoms with Crippen molar-refractivity contribution in [3.8, 4) is 17.2 Å². The second kappa shape index (κ2) is 4.08. The summed E-state index contributed by atoms with van der Waals surface area (Å²) in [6.45, 7) is 0. The Morgan fingerprint density at radius 1 is 1.14 bits per heavy atom. The van der Waals surface area contributed by atoms with E-state index >= 15 is 0 Å². The van der Waals surface area contributed by atoms with Gasteiger partial charge in [-0.05, 0) is 27.5 Å². The zero-order valence-electron chi connectivity index (χ0n) is 7.60. The fourth-order valence-electron chi connectivity index (χ4n) is 1.42. The number of thiophene rings is 1. The average molecular weight is 199 g/mol. The highest BCUT2D eigenvalue weighted by atomic mass is 32.1. The van der Waals surface area contributed by atoms with Crippen LogP contribution >= 0.6 is 11.3 Å². The molecule has 2 aromatic rings. The van der Waals surface area contributed by atoms with E-state index in [-0.39, 0.29) is 0 Å². The molecule has 1 aromatic carbocycles. The van der Waals surface area contributed by atoms with Gasteiger partial charge in [0.2, 0.25) is 0 Å². The van der Waals surface area contributed by atoms with Crippen molar-refractivity contribution in [2.75, 3.05) is 0 Å². The Hall–Kier alpha value is -1.59. The van der Waals surface area contributed by atoms with Gasteiger partial charge in [-0.1, -0.05) is 30.3 Å². The van der Waals surface area contributed by atoms with E-state index in [4.69, 9.17) is 5.26 Å². The van der Waals surface area contributed by atoms with Crippen LogP contribution in [-0.4, -0.2) is 0 Å². The van der Waals surface area contributed by atoms with Crippen LogP contribution in [0.4, 0.5) is 0 Å². The Labute approximate surface area is 87.3 Å². The summed E-state index contributed by atoms with van der Waals surface area (Å²) in [5, 5.41) is 12.8. The first-order valence-corrected chi connectivity index (χ1v) is 5.33. The number of nitriles is 1. The maximum absolute atomic E-state index is 8.66. The zero-order valence-corrected chi connectivity index (χ0v) is 8.42. The largest absolute Gasteiger partial charge is 0.198 e. The molecule has 68 valence electrons. The molecule has 2 rings (SSSR count). The van der Waals surface area contributed by atoms with Crippen LogP contribution in [0.1, 0.15) is 5.56 Å². The summed E-state index contributed by atoms with van der Waals surface area (Å²) in [6.07, 6.45) is 0.494. The van der Waals surface area contributed by atoms with Gasteiger partial charge in [0, 0.05) is 0 Å². The third-order valence-electron chi connectivity index (χ3n) is 2.10. The molecule has 0 saturated carbocycles. The highest BCUT2D eigenvalue weighted by Gasteiger charge is 2.04. The third kappa shape index (κ3) is 1.68. The summed E-state index contributed by atoms with van der Waals surface area (Å²) in [5.41, 5.74) is 3.51. The molecule has 14 heavy (non-hydrogen) atoms. The molecular formula is C12H9NS. The predicted octanol–water partition coefficient (Wildman–Crippen LogP) is 3.48. The lowest BCUT2D eigenvalue weighted by Gasteiger charge is -1.99. The summed E-state index contributed by atoms with van der Waals surface area (Å²) in [5.74, 6) is 0. The van der Waals surface area contributed by atoms with Gasteiger partial charge in [-0.2, -0.15) is 16.6 Å². The normalized spacial score (nSPS) is 9.64. The second-order valence-electron chi connectivity index (χ2n) is 3.01. The summed E-state index contributed by atoms with van der Waals surface area (Å²) < 4.78 is 0. The molecule has 0 saturated heterocycles. The van der Waals surface area contributed by atoms with Crippen molar-refractivity contribution >= 4 is 11.3 Å². The Balaban J connectivity index is 2.43. The molecule has 0 fully saturated rings. The second-order valence-corrected chi connectivity index (χ2v) is 3.76. The number of rotatable bonds is 2. The van der Waals surface area contributed by atoms with Crippen LogP contribution in [0.2, 0.25) is 0 Å². The minimum absolute atomic E-state index is 0.494. The highest BCUT2D eigenvalue weighted by Crippen LogP contribution is 2.27. The minimum Gasteiger partial charge on any atom is -0.198 e. The van der Waals surface area contributed by atoms with Crippen LogP contribution < -0.4 is 0 Å². The van der Waals surface area contributed by atoms with Crippen molar-refractivity contribution in [1.29, 1.82) is 5.26 Å². The van der Waals surface area contributed by atoms with Gasteiger partial charge in [0.05, 0.1) is 12.5 Å². The van der Waals surface area contributed by atoms with Crippen molar-refractivity contribution in [3.63, 3.8) is 0 Å². The molecule has 0 radical (unpaired) electrons. The molecule has 0 aliphatic rings. The Kier molecular flexibility index (Phi) is 2.62. The van der Waals surface area contributed by atoms with Gasteiger partial charge in [-0.25, -0.2) is 0 Å². The number of benzene rings is 1. The summed E-state index contributed by atoms with van der Waals surface area (Å²) in [6, 6.07) is 12.4. The molecule has 0 N–H and O–H groups in total.